The summed E-state index contributed by atoms with van der Waals surface area (Å²) in [5.74, 6) is 0.559. The summed E-state index contributed by atoms with van der Waals surface area (Å²) in [6.45, 7) is 2.99. The van der Waals surface area contributed by atoms with Gasteiger partial charge in [0, 0.05) is 12.1 Å². The van der Waals surface area contributed by atoms with E-state index in [-0.39, 0.29) is 11.7 Å². The number of amides is 1. The number of carbonyl (C=O) groups excluding carboxylic acids is 1. The molecule has 2 N–H and O–H groups in total. The molecular weight excluding hydrogens is 366 g/mol. The average Bonchev–Trinajstić information content (AvgIpc) is 2.71. The molecule has 3 rings (SSSR count). The fourth-order valence-electron chi connectivity index (χ4n) is 2.66. The van der Waals surface area contributed by atoms with E-state index in [1.165, 1.54) is 12.1 Å². The van der Waals surface area contributed by atoms with E-state index in [0.29, 0.717) is 49.2 Å². The van der Waals surface area contributed by atoms with Crippen LogP contribution in [0.5, 0.6) is 23.0 Å². The quantitative estimate of drug-likeness (QED) is 0.716. The average molecular weight is 387 g/mol. The molecule has 0 saturated heterocycles. The van der Waals surface area contributed by atoms with Crippen LogP contribution in [0, 0.1) is 0 Å². The molecule has 0 atom stereocenters. The first-order chi connectivity index (χ1) is 13.6. The zero-order chi connectivity index (χ0) is 19.9. The maximum Gasteiger partial charge on any atom is 0.341 e. The van der Waals surface area contributed by atoms with Gasteiger partial charge >= 0.3 is 5.97 Å². The molecule has 28 heavy (non-hydrogen) atoms. The fraction of sp³-hybridized carbons (Fsp3) is 0.300. The van der Waals surface area contributed by atoms with Gasteiger partial charge in [-0.1, -0.05) is 6.07 Å². The summed E-state index contributed by atoms with van der Waals surface area (Å²) in [5.41, 5.74) is 1.26. The SMILES string of the molecule is CCOc1cc(C(=O)NCc2ccc3c(c2)OCCO3)ccc1OCC(=O)O. The lowest BCUT2D eigenvalue weighted by atomic mass is 10.1. The van der Waals surface area contributed by atoms with Gasteiger partial charge in [0.1, 0.15) is 13.2 Å². The van der Waals surface area contributed by atoms with Crippen molar-refractivity contribution in [1.82, 2.24) is 5.32 Å². The van der Waals surface area contributed by atoms with E-state index < -0.39 is 12.6 Å². The molecule has 0 aromatic heterocycles. The van der Waals surface area contributed by atoms with Crippen LogP contribution in [0.4, 0.5) is 0 Å². The summed E-state index contributed by atoms with van der Waals surface area (Å²) >= 11 is 0. The molecule has 0 spiro atoms. The summed E-state index contributed by atoms with van der Waals surface area (Å²) in [7, 11) is 0. The fourth-order valence-corrected chi connectivity index (χ4v) is 2.66. The Bertz CT molecular complexity index is 866. The Balaban J connectivity index is 1.66. The molecule has 1 heterocycles. The van der Waals surface area contributed by atoms with Gasteiger partial charge in [0.2, 0.25) is 0 Å². The number of carbonyl (C=O) groups is 2. The van der Waals surface area contributed by atoms with Crippen molar-refractivity contribution in [3.63, 3.8) is 0 Å². The van der Waals surface area contributed by atoms with Crippen LogP contribution in [0.15, 0.2) is 36.4 Å². The Morgan fingerprint density at radius 3 is 2.57 bits per heavy atom. The second-order valence-corrected chi connectivity index (χ2v) is 5.94. The van der Waals surface area contributed by atoms with Crippen molar-refractivity contribution in [2.45, 2.75) is 13.5 Å². The molecule has 1 aliphatic heterocycles. The van der Waals surface area contributed by atoms with Crippen molar-refractivity contribution in [3.05, 3.63) is 47.5 Å². The van der Waals surface area contributed by atoms with Gasteiger partial charge in [-0.2, -0.15) is 0 Å². The second-order valence-electron chi connectivity index (χ2n) is 5.94. The third-order valence-corrected chi connectivity index (χ3v) is 3.92. The zero-order valence-electron chi connectivity index (χ0n) is 15.4. The van der Waals surface area contributed by atoms with Crippen LogP contribution in [-0.2, 0) is 11.3 Å². The summed E-state index contributed by atoms with van der Waals surface area (Å²) in [4.78, 5) is 23.2. The van der Waals surface area contributed by atoms with E-state index in [2.05, 4.69) is 5.32 Å². The smallest absolute Gasteiger partial charge is 0.341 e. The van der Waals surface area contributed by atoms with Gasteiger partial charge in [0.15, 0.2) is 29.6 Å². The van der Waals surface area contributed by atoms with E-state index >= 15 is 0 Å². The van der Waals surface area contributed by atoms with Crippen LogP contribution in [0.1, 0.15) is 22.8 Å². The number of ether oxygens (including phenoxy) is 4. The predicted molar refractivity (Wildman–Crippen MR) is 99.3 cm³/mol. The number of fused-ring (bicyclic) bond motifs is 1. The van der Waals surface area contributed by atoms with E-state index in [9.17, 15) is 9.59 Å². The highest BCUT2D eigenvalue weighted by Crippen LogP contribution is 2.31. The number of rotatable bonds is 8. The Kier molecular flexibility index (Phi) is 6.21. The van der Waals surface area contributed by atoms with E-state index in [4.69, 9.17) is 24.1 Å². The molecule has 1 aliphatic rings. The van der Waals surface area contributed by atoms with E-state index in [0.717, 1.165) is 5.56 Å². The van der Waals surface area contributed by atoms with Crippen LogP contribution in [0.2, 0.25) is 0 Å². The van der Waals surface area contributed by atoms with Gasteiger partial charge in [-0.3, -0.25) is 4.79 Å². The van der Waals surface area contributed by atoms with Crippen molar-refractivity contribution in [2.24, 2.45) is 0 Å². The minimum absolute atomic E-state index is 0.271. The highest BCUT2D eigenvalue weighted by atomic mass is 16.6. The maximum absolute atomic E-state index is 12.5. The van der Waals surface area contributed by atoms with Crippen LogP contribution >= 0.6 is 0 Å². The lowest BCUT2D eigenvalue weighted by Crippen LogP contribution is -2.23. The first-order valence-corrected chi connectivity index (χ1v) is 8.85. The minimum atomic E-state index is -1.09. The number of hydrogen-bond donors (Lipinski definition) is 2. The van der Waals surface area contributed by atoms with E-state index in [1.54, 1.807) is 13.0 Å². The van der Waals surface area contributed by atoms with Gasteiger partial charge < -0.3 is 29.4 Å². The highest BCUT2D eigenvalue weighted by molar-refractivity contribution is 5.94. The molecule has 0 unspecified atom stereocenters. The molecule has 1 amide bonds. The first kappa shape index (κ1) is 19.3. The number of carboxylic acid groups (broad SMARTS) is 1. The summed E-state index contributed by atoms with van der Waals surface area (Å²) in [6.07, 6.45) is 0. The Hall–Kier alpha value is -3.42. The monoisotopic (exact) mass is 387 g/mol. The van der Waals surface area contributed by atoms with Crippen LogP contribution < -0.4 is 24.3 Å². The summed E-state index contributed by atoms with van der Waals surface area (Å²) < 4.78 is 21.7. The molecule has 0 saturated carbocycles. The minimum Gasteiger partial charge on any atom is -0.490 e. The van der Waals surface area contributed by atoms with Gasteiger partial charge in [-0.15, -0.1) is 0 Å². The van der Waals surface area contributed by atoms with Crippen molar-refractivity contribution in [2.75, 3.05) is 26.4 Å². The van der Waals surface area contributed by atoms with Crippen molar-refractivity contribution >= 4 is 11.9 Å². The summed E-state index contributed by atoms with van der Waals surface area (Å²) in [6, 6.07) is 10.1. The molecular formula is C20H21NO7. The Morgan fingerprint density at radius 1 is 1.04 bits per heavy atom. The highest BCUT2D eigenvalue weighted by Gasteiger charge is 2.14. The predicted octanol–water partition coefficient (Wildman–Crippen LogP) is 2.25. The molecule has 2 aromatic rings. The third kappa shape index (κ3) is 4.85. The van der Waals surface area contributed by atoms with Crippen molar-refractivity contribution in [1.29, 1.82) is 0 Å². The lowest BCUT2D eigenvalue weighted by molar-refractivity contribution is -0.139. The number of carboxylic acids is 1. The summed E-state index contributed by atoms with van der Waals surface area (Å²) in [5, 5.41) is 11.6. The van der Waals surface area contributed by atoms with Gasteiger partial charge in [0.05, 0.1) is 6.61 Å². The van der Waals surface area contributed by atoms with Crippen LogP contribution in [0.25, 0.3) is 0 Å². The molecule has 0 fully saturated rings. The Morgan fingerprint density at radius 2 is 1.82 bits per heavy atom. The zero-order valence-corrected chi connectivity index (χ0v) is 15.4. The molecule has 0 aliphatic carbocycles. The van der Waals surface area contributed by atoms with Crippen molar-refractivity contribution in [3.8, 4) is 23.0 Å². The first-order valence-electron chi connectivity index (χ1n) is 8.85. The molecule has 0 bridgehead atoms. The van der Waals surface area contributed by atoms with E-state index in [1.807, 2.05) is 18.2 Å². The van der Waals surface area contributed by atoms with Gasteiger partial charge in [-0.25, -0.2) is 4.79 Å². The topological polar surface area (TPSA) is 103 Å². The number of aliphatic carboxylic acids is 1. The van der Waals surface area contributed by atoms with Crippen molar-refractivity contribution < 1.29 is 33.6 Å². The lowest BCUT2D eigenvalue weighted by Gasteiger charge is -2.19. The van der Waals surface area contributed by atoms with Gasteiger partial charge in [0.25, 0.3) is 5.91 Å². The molecule has 148 valence electrons. The molecule has 0 radical (unpaired) electrons. The van der Waals surface area contributed by atoms with Crippen LogP contribution in [-0.4, -0.2) is 43.4 Å². The number of hydrogen-bond acceptors (Lipinski definition) is 6. The molecule has 8 heteroatoms. The van der Waals surface area contributed by atoms with Gasteiger partial charge in [-0.05, 0) is 42.8 Å². The maximum atomic E-state index is 12.5. The second kappa shape index (κ2) is 8.98. The number of benzene rings is 2. The number of nitrogens with one attached hydrogen (secondary N) is 1. The normalized spacial score (nSPS) is 12.2. The van der Waals surface area contributed by atoms with Crippen LogP contribution in [0.3, 0.4) is 0 Å². The molecule has 8 nitrogen and oxygen atoms in total. The standard InChI is InChI=1S/C20H21NO7/c1-2-25-18-10-14(4-6-16(18)28-12-19(22)23)20(24)21-11-13-3-5-15-17(9-13)27-8-7-26-15/h3-6,9-10H,2,7-8,11-12H2,1H3,(H,21,24)(H,22,23). The molecule has 2 aromatic carbocycles. The third-order valence-electron chi connectivity index (χ3n) is 3.92. The Labute approximate surface area is 162 Å². The largest absolute Gasteiger partial charge is 0.490 e.